The molecule has 1 amide bonds. The summed E-state index contributed by atoms with van der Waals surface area (Å²) in [6.07, 6.45) is 3.59. The molecule has 1 fully saturated rings. The van der Waals surface area contributed by atoms with E-state index in [0.717, 1.165) is 31.4 Å². The molecule has 0 atom stereocenters. The van der Waals surface area contributed by atoms with Crippen LogP contribution in [0.15, 0.2) is 22.7 Å². The van der Waals surface area contributed by atoms with E-state index in [9.17, 15) is 9.18 Å². The van der Waals surface area contributed by atoms with Crippen molar-refractivity contribution >= 4 is 21.8 Å². The predicted molar refractivity (Wildman–Crippen MR) is 76.2 cm³/mol. The average molecular weight is 329 g/mol. The standard InChI is InChI=1S/C14H18BrFN2O/c15-14-10(3-1-4-12(14)16)9-17-8-2-5-13(19)18-11-6-7-11/h1,3-4,11,17H,2,5-9H2,(H,18,19). The van der Waals surface area contributed by atoms with Crippen LogP contribution in [0.4, 0.5) is 4.39 Å². The first-order valence-electron chi connectivity index (χ1n) is 6.60. The number of halogens is 2. The van der Waals surface area contributed by atoms with Crippen molar-refractivity contribution in [3.05, 3.63) is 34.1 Å². The van der Waals surface area contributed by atoms with Crippen molar-refractivity contribution in [3.8, 4) is 0 Å². The monoisotopic (exact) mass is 328 g/mol. The minimum absolute atomic E-state index is 0.135. The molecular formula is C14H18BrFN2O. The van der Waals surface area contributed by atoms with Crippen LogP contribution in [0.2, 0.25) is 0 Å². The van der Waals surface area contributed by atoms with Gasteiger partial charge in [-0.2, -0.15) is 0 Å². The Kier molecular flexibility index (Phi) is 5.34. The van der Waals surface area contributed by atoms with Gasteiger partial charge in [0.1, 0.15) is 5.82 Å². The van der Waals surface area contributed by atoms with E-state index in [1.54, 1.807) is 6.07 Å². The van der Waals surface area contributed by atoms with Gasteiger partial charge in [0.25, 0.3) is 0 Å². The van der Waals surface area contributed by atoms with Gasteiger partial charge in [-0.3, -0.25) is 4.79 Å². The molecule has 0 radical (unpaired) electrons. The van der Waals surface area contributed by atoms with Crippen molar-refractivity contribution in [3.63, 3.8) is 0 Å². The number of hydrogen-bond acceptors (Lipinski definition) is 2. The third kappa shape index (κ3) is 4.91. The Hall–Kier alpha value is -0.940. The van der Waals surface area contributed by atoms with Crippen LogP contribution in [-0.4, -0.2) is 18.5 Å². The number of nitrogens with one attached hydrogen (secondary N) is 2. The molecule has 1 aromatic carbocycles. The number of benzene rings is 1. The highest BCUT2D eigenvalue weighted by molar-refractivity contribution is 9.10. The van der Waals surface area contributed by atoms with Crippen molar-refractivity contribution in [2.75, 3.05) is 6.54 Å². The van der Waals surface area contributed by atoms with E-state index in [2.05, 4.69) is 26.6 Å². The number of carbonyl (C=O) groups excluding carboxylic acids is 1. The van der Waals surface area contributed by atoms with Crippen molar-refractivity contribution < 1.29 is 9.18 Å². The Morgan fingerprint density at radius 3 is 2.95 bits per heavy atom. The maximum atomic E-state index is 13.3. The van der Waals surface area contributed by atoms with E-state index in [0.29, 0.717) is 23.5 Å². The number of hydrogen-bond donors (Lipinski definition) is 2. The molecule has 3 nitrogen and oxygen atoms in total. The third-order valence-electron chi connectivity index (χ3n) is 3.05. The summed E-state index contributed by atoms with van der Waals surface area (Å²) in [5.41, 5.74) is 0.891. The number of amides is 1. The Bertz CT molecular complexity index is 449. The maximum Gasteiger partial charge on any atom is 0.220 e. The average Bonchev–Trinajstić information content (AvgIpc) is 3.18. The summed E-state index contributed by atoms with van der Waals surface area (Å²) in [5, 5.41) is 6.17. The zero-order valence-corrected chi connectivity index (χ0v) is 12.3. The molecule has 1 saturated carbocycles. The molecule has 0 saturated heterocycles. The molecular weight excluding hydrogens is 311 g/mol. The van der Waals surface area contributed by atoms with E-state index in [-0.39, 0.29) is 11.7 Å². The lowest BCUT2D eigenvalue weighted by molar-refractivity contribution is -0.121. The highest BCUT2D eigenvalue weighted by Crippen LogP contribution is 2.20. The molecule has 2 rings (SSSR count). The second-order valence-corrected chi connectivity index (χ2v) is 5.63. The van der Waals surface area contributed by atoms with Gasteiger partial charge in [0.15, 0.2) is 0 Å². The first-order chi connectivity index (χ1) is 9.16. The van der Waals surface area contributed by atoms with Gasteiger partial charge in [0.2, 0.25) is 5.91 Å². The van der Waals surface area contributed by atoms with E-state index in [1.807, 2.05) is 6.07 Å². The smallest absolute Gasteiger partial charge is 0.220 e. The van der Waals surface area contributed by atoms with Gasteiger partial charge in [-0.15, -0.1) is 0 Å². The summed E-state index contributed by atoms with van der Waals surface area (Å²) < 4.78 is 13.8. The molecule has 1 aromatic rings. The predicted octanol–water partition coefficient (Wildman–Crippen LogP) is 2.74. The lowest BCUT2D eigenvalue weighted by Gasteiger charge is -2.07. The molecule has 5 heteroatoms. The Balaban J connectivity index is 1.60. The summed E-state index contributed by atoms with van der Waals surface area (Å²) in [6, 6.07) is 5.43. The molecule has 19 heavy (non-hydrogen) atoms. The SMILES string of the molecule is O=C(CCCNCc1cccc(F)c1Br)NC1CC1. The number of rotatable bonds is 7. The molecule has 0 aromatic heterocycles. The van der Waals surface area contributed by atoms with Gasteiger partial charge in [-0.05, 0) is 53.4 Å². The van der Waals surface area contributed by atoms with E-state index in [1.165, 1.54) is 6.07 Å². The first-order valence-corrected chi connectivity index (χ1v) is 7.39. The largest absolute Gasteiger partial charge is 0.353 e. The summed E-state index contributed by atoms with van der Waals surface area (Å²) >= 11 is 3.23. The van der Waals surface area contributed by atoms with Gasteiger partial charge in [0.05, 0.1) is 4.47 Å². The zero-order chi connectivity index (χ0) is 13.7. The van der Waals surface area contributed by atoms with Crippen molar-refractivity contribution in [1.82, 2.24) is 10.6 Å². The minimum Gasteiger partial charge on any atom is -0.353 e. The van der Waals surface area contributed by atoms with Gasteiger partial charge >= 0.3 is 0 Å². The lowest BCUT2D eigenvalue weighted by atomic mass is 10.2. The van der Waals surface area contributed by atoms with Crippen LogP contribution in [0.3, 0.4) is 0 Å². The normalized spacial score (nSPS) is 14.4. The molecule has 0 aliphatic heterocycles. The topological polar surface area (TPSA) is 41.1 Å². The molecule has 1 aliphatic carbocycles. The first kappa shape index (κ1) is 14.5. The highest BCUT2D eigenvalue weighted by atomic mass is 79.9. The summed E-state index contributed by atoms with van der Waals surface area (Å²) in [5.74, 6) is -0.112. The molecule has 0 bridgehead atoms. The summed E-state index contributed by atoms with van der Waals surface area (Å²) in [7, 11) is 0. The fourth-order valence-electron chi connectivity index (χ4n) is 1.81. The Labute approximate surface area is 121 Å². The third-order valence-corrected chi connectivity index (χ3v) is 3.93. The van der Waals surface area contributed by atoms with Gasteiger partial charge in [0, 0.05) is 19.0 Å². The van der Waals surface area contributed by atoms with E-state index >= 15 is 0 Å². The van der Waals surface area contributed by atoms with Crippen LogP contribution < -0.4 is 10.6 Å². The molecule has 2 N–H and O–H groups in total. The lowest BCUT2D eigenvalue weighted by Crippen LogP contribution is -2.26. The quantitative estimate of drug-likeness (QED) is 0.755. The second-order valence-electron chi connectivity index (χ2n) is 4.84. The van der Waals surface area contributed by atoms with Gasteiger partial charge in [-0.1, -0.05) is 12.1 Å². The number of carbonyl (C=O) groups is 1. The summed E-state index contributed by atoms with van der Waals surface area (Å²) in [6.45, 7) is 1.35. The zero-order valence-electron chi connectivity index (χ0n) is 10.7. The highest BCUT2D eigenvalue weighted by Gasteiger charge is 2.22. The Morgan fingerprint density at radius 2 is 2.21 bits per heavy atom. The minimum atomic E-state index is -0.247. The second kappa shape index (κ2) is 7.01. The van der Waals surface area contributed by atoms with Crippen molar-refractivity contribution in [2.45, 2.75) is 38.3 Å². The summed E-state index contributed by atoms with van der Waals surface area (Å²) in [4.78, 5) is 11.4. The van der Waals surface area contributed by atoms with Gasteiger partial charge < -0.3 is 10.6 Å². The van der Waals surface area contributed by atoms with Crippen LogP contribution >= 0.6 is 15.9 Å². The Morgan fingerprint density at radius 1 is 1.42 bits per heavy atom. The van der Waals surface area contributed by atoms with Crippen molar-refractivity contribution in [2.24, 2.45) is 0 Å². The van der Waals surface area contributed by atoms with Crippen molar-refractivity contribution in [1.29, 1.82) is 0 Å². The van der Waals surface area contributed by atoms with E-state index < -0.39 is 0 Å². The molecule has 0 heterocycles. The molecule has 0 spiro atoms. The fraction of sp³-hybridized carbons (Fsp3) is 0.500. The molecule has 1 aliphatic rings. The van der Waals surface area contributed by atoms with E-state index in [4.69, 9.17) is 0 Å². The van der Waals surface area contributed by atoms with Crippen LogP contribution in [0.5, 0.6) is 0 Å². The molecule has 0 unspecified atom stereocenters. The van der Waals surface area contributed by atoms with Crippen LogP contribution in [-0.2, 0) is 11.3 Å². The fourth-order valence-corrected chi connectivity index (χ4v) is 2.21. The van der Waals surface area contributed by atoms with Crippen LogP contribution in [0.25, 0.3) is 0 Å². The van der Waals surface area contributed by atoms with Gasteiger partial charge in [-0.25, -0.2) is 4.39 Å². The van der Waals surface area contributed by atoms with Crippen LogP contribution in [0.1, 0.15) is 31.2 Å². The van der Waals surface area contributed by atoms with Crippen LogP contribution in [0, 0.1) is 5.82 Å². The maximum absolute atomic E-state index is 13.3. The molecule has 104 valence electrons.